The fourth-order valence-corrected chi connectivity index (χ4v) is 3.76. The van der Waals surface area contributed by atoms with Crippen molar-refractivity contribution in [1.29, 1.82) is 0 Å². The molecule has 0 bridgehead atoms. The second kappa shape index (κ2) is 7.15. The zero-order chi connectivity index (χ0) is 19.8. The summed E-state index contributed by atoms with van der Waals surface area (Å²) in [6.45, 7) is 3.76. The van der Waals surface area contributed by atoms with Gasteiger partial charge in [0.15, 0.2) is 15.9 Å². The Kier molecular flexibility index (Phi) is 5.06. The number of anilines is 1. The zero-order valence-corrected chi connectivity index (χ0v) is 16.2. The highest BCUT2D eigenvalue weighted by Gasteiger charge is 2.30. The lowest BCUT2D eigenvalue weighted by Crippen LogP contribution is -2.39. The van der Waals surface area contributed by atoms with Crippen LogP contribution in [0.4, 0.5) is 5.69 Å². The van der Waals surface area contributed by atoms with Crippen molar-refractivity contribution < 1.29 is 22.7 Å². The zero-order valence-electron chi connectivity index (χ0n) is 15.4. The van der Waals surface area contributed by atoms with Crippen LogP contribution in [0.25, 0.3) is 0 Å². The molecule has 6 nitrogen and oxygen atoms in total. The third-order valence-corrected chi connectivity index (χ3v) is 5.75. The average molecular weight is 387 g/mol. The Morgan fingerprint density at radius 1 is 1.15 bits per heavy atom. The number of hydrogen-bond donors (Lipinski definition) is 0. The number of carbonyl (C=O) groups excluding carboxylic acids is 2. The van der Waals surface area contributed by atoms with Crippen molar-refractivity contribution in [2.75, 3.05) is 17.7 Å². The van der Waals surface area contributed by atoms with Gasteiger partial charge in [-0.2, -0.15) is 0 Å². The lowest BCUT2D eigenvalue weighted by Gasteiger charge is -2.22. The minimum absolute atomic E-state index is 0.0347. The summed E-state index contributed by atoms with van der Waals surface area (Å²) in [6.07, 6.45) is 0.854. The molecule has 0 N–H and O–H groups in total. The predicted octanol–water partition coefficient (Wildman–Crippen LogP) is 2.53. The van der Waals surface area contributed by atoms with Crippen molar-refractivity contribution in [2.45, 2.75) is 31.3 Å². The van der Waals surface area contributed by atoms with E-state index in [-0.39, 0.29) is 16.4 Å². The van der Waals surface area contributed by atoms with E-state index in [0.29, 0.717) is 12.1 Å². The van der Waals surface area contributed by atoms with Crippen LogP contribution in [-0.4, -0.2) is 39.2 Å². The molecule has 142 valence electrons. The number of esters is 1. The molecule has 1 unspecified atom stereocenters. The van der Waals surface area contributed by atoms with E-state index < -0.39 is 21.9 Å². The van der Waals surface area contributed by atoms with Crippen LogP contribution in [0.3, 0.4) is 0 Å². The molecule has 0 spiro atoms. The van der Waals surface area contributed by atoms with E-state index in [1.165, 1.54) is 19.1 Å². The van der Waals surface area contributed by atoms with Crippen molar-refractivity contribution in [1.82, 2.24) is 0 Å². The number of benzene rings is 2. The molecular formula is C20H21NO5S. The molecule has 3 rings (SSSR count). The van der Waals surface area contributed by atoms with Gasteiger partial charge < -0.3 is 9.64 Å². The smallest absolute Gasteiger partial charge is 0.339 e. The lowest BCUT2D eigenvalue weighted by molar-refractivity contribution is -0.126. The molecular weight excluding hydrogens is 366 g/mol. The second-order valence-corrected chi connectivity index (χ2v) is 8.68. The molecule has 1 amide bonds. The number of para-hydroxylation sites is 1. The quantitative estimate of drug-likeness (QED) is 0.753. The number of amides is 1. The summed E-state index contributed by atoms with van der Waals surface area (Å²) in [4.78, 5) is 26.9. The Bertz CT molecular complexity index is 1010. The summed E-state index contributed by atoms with van der Waals surface area (Å²) < 4.78 is 28.8. The van der Waals surface area contributed by atoms with Gasteiger partial charge in [-0.15, -0.1) is 0 Å². The van der Waals surface area contributed by atoms with Crippen LogP contribution in [-0.2, 0) is 25.8 Å². The minimum atomic E-state index is -3.45. The Hall–Kier alpha value is -2.67. The third-order valence-electron chi connectivity index (χ3n) is 4.64. The largest absolute Gasteiger partial charge is 0.449 e. The van der Waals surface area contributed by atoms with Gasteiger partial charge in [0, 0.05) is 18.5 Å². The molecule has 2 aromatic carbocycles. The van der Waals surface area contributed by atoms with Crippen LogP contribution in [0, 0.1) is 6.92 Å². The summed E-state index contributed by atoms with van der Waals surface area (Å²) in [5, 5.41) is 0. The molecule has 0 aliphatic carbocycles. The van der Waals surface area contributed by atoms with E-state index in [1.807, 2.05) is 24.3 Å². The molecule has 7 heteroatoms. The molecule has 0 saturated carbocycles. The Morgan fingerprint density at radius 2 is 1.85 bits per heavy atom. The topological polar surface area (TPSA) is 80.7 Å². The molecule has 1 atom stereocenters. The van der Waals surface area contributed by atoms with Gasteiger partial charge in [-0.25, -0.2) is 13.2 Å². The van der Waals surface area contributed by atoms with E-state index in [9.17, 15) is 18.0 Å². The van der Waals surface area contributed by atoms with Crippen LogP contribution >= 0.6 is 0 Å². The van der Waals surface area contributed by atoms with Crippen molar-refractivity contribution in [2.24, 2.45) is 0 Å². The first-order chi connectivity index (χ1) is 12.7. The van der Waals surface area contributed by atoms with E-state index in [2.05, 4.69) is 0 Å². The maximum Gasteiger partial charge on any atom is 0.339 e. The number of carbonyl (C=O) groups is 2. The number of fused-ring (bicyclic) bond motifs is 1. The van der Waals surface area contributed by atoms with Crippen LogP contribution < -0.4 is 4.90 Å². The van der Waals surface area contributed by atoms with E-state index in [1.54, 1.807) is 17.9 Å². The van der Waals surface area contributed by atoms with E-state index in [4.69, 9.17) is 4.74 Å². The number of aryl methyl sites for hydroxylation is 1. The van der Waals surface area contributed by atoms with Gasteiger partial charge in [-0.05, 0) is 49.6 Å². The second-order valence-electron chi connectivity index (χ2n) is 6.67. The molecule has 1 heterocycles. The summed E-state index contributed by atoms with van der Waals surface area (Å²) >= 11 is 0. The first kappa shape index (κ1) is 19.1. The van der Waals surface area contributed by atoms with Crippen LogP contribution in [0.15, 0.2) is 47.4 Å². The SMILES string of the molecule is Cc1ccc(S(C)(=O)=O)cc1C(=O)OC(C)C(=O)N1CCc2ccccc21. The first-order valence-corrected chi connectivity index (χ1v) is 10.5. The van der Waals surface area contributed by atoms with Crippen molar-refractivity contribution in [3.63, 3.8) is 0 Å². The highest BCUT2D eigenvalue weighted by atomic mass is 32.2. The highest BCUT2D eigenvalue weighted by Crippen LogP contribution is 2.28. The highest BCUT2D eigenvalue weighted by molar-refractivity contribution is 7.90. The fourth-order valence-electron chi connectivity index (χ4n) is 3.11. The number of ether oxygens (including phenoxy) is 1. The van der Waals surface area contributed by atoms with Crippen molar-refractivity contribution in [3.05, 3.63) is 59.2 Å². The Labute approximate surface area is 158 Å². The van der Waals surface area contributed by atoms with Crippen molar-refractivity contribution in [3.8, 4) is 0 Å². The molecule has 1 aliphatic rings. The third kappa shape index (κ3) is 3.88. The monoisotopic (exact) mass is 387 g/mol. The molecule has 0 aromatic heterocycles. The van der Waals surface area contributed by atoms with Gasteiger partial charge in [-0.3, -0.25) is 4.79 Å². The van der Waals surface area contributed by atoms with Gasteiger partial charge >= 0.3 is 5.97 Å². The molecule has 2 aromatic rings. The summed E-state index contributed by atoms with van der Waals surface area (Å²) in [5.74, 6) is -1.02. The summed E-state index contributed by atoms with van der Waals surface area (Å²) in [5.41, 5.74) is 2.64. The average Bonchev–Trinajstić information content (AvgIpc) is 3.04. The van der Waals surface area contributed by atoms with E-state index >= 15 is 0 Å². The fraction of sp³-hybridized carbons (Fsp3) is 0.300. The van der Waals surface area contributed by atoms with Gasteiger partial charge in [0.2, 0.25) is 0 Å². The number of rotatable bonds is 4. The molecule has 0 saturated heterocycles. The van der Waals surface area contributed by atoms with Crippen LogP contribution in [0.2, 0.25) is 0 Å². The maximum absolute atomic E-state index is 12.7. The molecule has 1 aliphatic heterocycles. The normalized spacial score (nSPS) is 14.6. The first-order valence-electron chi connectivity index (χ1n) is 8.59. The number of hydrogen-bond acceptors (Lipinski definition) is 5. The van der Waals surface area contributed by atoms with Gasteiger partial charge in [0.1, 0.15) is 0 Å². The lowest BCUT2D eigenvalue weighted by atomic mass is 10.1. The summed E-state index contributed by atoms with van der Waals surface area (Å²) in [7, 11) is -3.45. The molecule has 27 heavy (non-hydrogen) atoms. The van der Waals surface area contributed by atoms with E-state index in [0.717, 1.165) is 23.9 Å². The number of sulfone groups is 1. The van der Waals surface area contributed by atoms with Gasteiger partial charge in [-0.1, -0.05) is 24.3 Å². The van der Waals surface area contributed by atoms with Crippen LogP contribution in [0.5, 0.6) is 0 Å². The maximum atomic E-state index is 12.7. The Balaban J connectivity index is 1.78. The van der Waals surface area contributed by atoms with Gasteiger partial charge in [0.25, 0.3) is 5.91 Å². The molecule has 0 fully saturated rings. The molecule has 0 radical (unpaired) electrons. The minimum Gasteiger partial charge on any atom is -0.449 e. The van der Waals surface area contributed by atoms with Crippen LogP contribution in [0.1, 0.15) is 28.4 Å². The summed E-state index contributed by atoms with van der Waals surface area (Å²) in [6, 6.07) is 11.9. The predicted molar refractivity (Wildman–Crippen MR) is 102 cm³/mol. The number of nitrogens with zero attached hydrogens (tertiary/aromatic N) is 1. The van der Waals surface area contributed by atoms with Crippen molar-refractivity contribution >= 4 is 27.4 Å². The standard InChI is InChI=1S/C20H21NO5S/c1-13-8-9-16(27(3,24)25)12-17(13)20(23)26-14(2)19(22)21-11-10-15-6-4-5-7-18(15)21/h4-9,12,14H,10-11H2,1-3H3. The Morgan fingerprint density at radius 3 is 2.56 bits per heavy atom. The van der Waals surface area contributed by atoms with Gasteiger partial charge in [0.05, 0.1) is 10.5 Å².